The van der Waals surface area contributed by atoms with E-state index in [0.717, 1.165) is 13.3 Å². The van der Waals surface area contributed by atoms with Crippen LogP contribution in [0.25, 0.3) is 0 Å². The van der Waals surface area contributed by atoms with E-state index in [0.29, 0.717) is 6.20 Å². The summed E-state index contributed by atoms with van der Waals surface area (Å²) in [6.45, 7) is 0. The Hall–Kier alpha value is -1.79. The molecule has 7 heteroatoms. The van der Waals surface area contributed by atoms with Crippen molar-refractivity contribution in [3.05, 3.63) is 33.7 Å². The van der Waals surface area contributed by atoms with Crippen LogP contribution in [0.15, 0.2) is 17.2 Å². The van der Waals surface area contributed by atoms with Crippen molar-refractivity contribution in [2.75, 3.05) is 7.11 Å². The molecule has 0 saturated carbocycles. The Morgan fingerprint density at radius 1 is 1.44 bits per heavy atom. The molecule has 0 fully saturated rings. The maximum absolute atomic E-state index is 12.3. The normalized spacial score (nSPS) is 11.2. The van der Waals surface area contributed by atoms with E-state index >= 15 is 0 Å². The molecule has 0 bridgehead atoms. The molecule has 0 aliphatic heterocycles. The predicted octanol–water partition coefficient (Wildman–Crippen LogP) is 1.11. The quantitative estimate of drug-likeness (QED) is 0.781. The zero-order valence-corrected chi connectivity index (χ0v) is 8.22. The highest BCUT2D eigenvalue weighted by Crippen LogP contribution is 2.25. The molecule has 0 spiro atoms. The Balaban J connectivity index is 3.15. The van der Waals surface area contributed by atoms with Gasteiger partial charge in [-0.05, 0) is 0 Å². The van der Waals surface area contributed by atoms with Crippen LogP contribution in [0, 0.1) is 0 Å². The third-order valence-corrected chi connectivity index (χ3v) is 1.89. The van der Waals surface area contributed by atoms with Gasteiger partial charge in [-0.25, -0.2) is 0 Å². The topological polar surface area (TPSA) is 59.2 Å². The molecule has 0 atom stereocenters. The van der Waals surface area contributed by atoms with E-state index in [1.54, 1.807) is 0 Å². The number of esters is 1. The number of aromatic nitrogens is 1. The second-order valence-electron chi connectivity index (χ2n) is 2.97. The Morgan fingerprint density at radius 2 is 2.06 bits per heavy atom. The molecule has 0 radical (unpaired) electrons. The van der Waals surface area contributed by atoms with E-state index in [1.807, 2.05) is 0 Å². The number of H-pyrrole nitrogens is 1. The van der Waals surface area contributed by atoms with E-state index < -0.39 is 29.6 Å². The zero-order valence-electron chi connectivity index (χ0n) is 8.22. The van der Waals surface area contributed by atoms with Crippen LogP contribution in [0.2, 0.25) is 0 Å². The van der Waals surface area contributed by atoms with E-state index in [9.17, 15) is 22.8 Å². The number of carbonyl (C=O) groups is 1. The second kappa shape index (κ2) is 4.38. The average Bonchev–Trinajstić information content (AvgIpc) is 2.19. The van der Waals surface area contributed by atoms with E-state index in [-0.39, 0.29) is 5.56 Å². The molecule has 88 valence electrons. The molecule has 0 aliphatic carbocycles. The summed E-state index contributed by atoms with van der Waals surface area (Å²) in [7, 11) is 1.09. The molecule has 16 heavy (non-hydrogen) atoms. The SMILES string of the molecule is COC(=O)Cc1c[nH]cc(C(F)(F)F)c1=O. The number of hydrogen-bond acceptors (Lipinski definition) is 3. The number of rotatable bonds is 2. The molecule has 1 N–H and O–H groups in total. The Labute approximate surface area is 88.0 Å². The average molecular weight is 235 g/mol. The summed E-state index contributed by atoms with van der Waals surface area (Å²) in [5, 5.41) is 0. The van der Waals surface area contributed by atoms with Crippen molar-refractivity contribution in [2.24, 2.45) is 0 Å². The summed E-state index contributed by atoms with van der Waals surface area (Å²) in [5.41, 5.74) is -2.81. The molecule has 0 amide bonds. The monoisotopic (exact) mass is 235 g/mol. The maximum atomic E-state index is 12.3. The molecule has 0 aliphatic rings. The van der Waals surface area contributed by atoms with Crippen molar-refractivity contribution in [1.82, 2.24) is 4.98 Å². The Morgan fingerprint density at radius 3 is 2.56 bits per heavy atom. The standard InChI is InChI=1S/C9H8F3NO3/c1-16-7(14)2-5-3-13-4-6(8(5)15)9(10,11)12/h3-4H,2H2,1H3,(H,13,15). The lowest BCUT2D eigenvalue weighted by atomic mass is 10.1. The summed E-state index contributed by atoms with van der Waals surface area (Å²) < 4.78 is 41.2. The van der Waals surface area contributed by atoms with Gasteiger partial charge in [-0.3, -0.25) is 9.59 Å². The minimum Gasteiger partial charge on any atom is -0.469 e. The molecular formula is C9H8F3NO3. The molecule has 1 aromatic heterocycles. The fourth-order valence-corrected chi connectivity index (χ4v) is 1.10. The van der Waals surface area contributed by atoms with E-state index in [2.05, 4.69) is 9.72 Å². The summed E-state index contributed by atoms with van der Waals surface area (Å²) in [4.78, 5) is 24.3. The van der Waals surface area contributed by atoms with Crippen molar-refractivity contribution in [1.29, 1.82) is 0 Å². The smallest absolute Gasteiger partial charge is 0.421 e. The number of nitrogens with one attached hydrogen (secondary N) is 1. The highest BCUT2D eigenvalue weighted by atomic mass is 19.4. The largest absolute Gasteiger partial charge is 0.469 e. The number of alkyl halides is 3. The predicted molar refractivity (Wildman–Crippen MR) is 47.8 cm³/mol. The highest BCUT2D eigenvalue weighted by Gasteiger charge is 2.34. The summed E-state index contributed by atoms with van der Waals surface area (Å²) >= 11 is 0. The first-order valence-corrected chi connectivity index (χ1v) is 4.20. The van der Waals surface area contributed by atoms with Gasteiger partial charge in [0.15, 0.2) is 5.43 Å². The third kappa shape index (κ3) is 2.62. The molecule has 0 unspecified atom stereocenters. The van der Waals surface area contributed by atoms with Crippen molar-refractivity contribution in [2.45, 2.75) is 12.6 Å². The van der Waals surface area contributed by atoms with Gasteiger partial charge in [-0.2, -0.15) is 13.2 Å². The number of pyridine rings is 1. The molecule has 0 saturated heterocycles. The van der Waals surface area contributed by atoms with Crippen LogP contribution in [0.1, 0.15) is 11.1 Å². The van der Waals surface area contributed by atoms with Gasteiger partial charge in [0.05, 0.1) is 13.5 Å². The van der Waals surface area contributed by atoms with E-state index in [1.165, 1.54) is 0 Å². The van der Waals surface area contributed by atoms with Gasteiger partial charge in [-0.15, -0.1) is 0 Å². The van der Waals surface area contributed by atoms with Crippen LogP contribution in [0.4, 0.5) is 13.2 Å². The molecule has 4 nitrogen and oxygen atoms in total. The van der Waals surface area contributed by atoms with Crippen LogP contribution in [-0.2, 0) is 22.1 Å². The Kier molecular flexibility index (Phi) is 3.36. The van der Waals surface area contributed by atoms with Crippen molar-refractivity contribution in [3.8, 4) is 0 Å². The molecule has 1 heterocycles. The van der Waals surface area contributed by atoms with Crippen LogP contribution >= 0.6 is 0 Å². The van der Waals surface area contributed by atoms with Gasteiger partial charge in [0, 0.05) is 18.0 Å². The van der Waals surface area contributed by atoms with E-state index in [4.69, 9.17) is 0 Å². The van der Waals surface area contributed by atoms with Crippen molar-refractivity contribution >= 4 is 5.97 Å². The molecule has 0 aromatic carbocycles. The van der Waals surface area contributed by atoms with Crippen LogP contribution < -0.4 is 5.43 Å². The fraction of sp³-hybridized carbons (Fsp3) is 0.333. The lowest BCUT2D eigenvalue weighted by molar-refractivity contribution is -0.141. The number of carbonyl (C=O) groups excluding carboxylic acids is 1. The lowest BCUT2D eigenvalue weighted by Crippen LogP contribution is -2.24. The first-order chi connectivity index (χ1) is 7.36. The van der Waals surface area contributed by atoms with Crippen LogP contribution in [0.3, 0.4) is 0 Å². The van der Waals surface area contributed by atoms with Gasteiger partial charge >= 0.3 is 12.1 Å². The summed E-state index contributed by atoms with van der Waals surface area (Å²) in [5.74, 6) is -0.773. The molecule has 1 aromatic rings. The minimum atomic E-state index is -4.74. The molecular weight excluding hydrogens is 227 g/mol. The van der Waals surface area contributed by atoms with Crippen molar-refractivity contribution < 1.29 is 22.7 Å². The number of ether oxygens (including phenoxy) is 1. The first-order valence-electron chi connectivity index (χ1n) is 4.20. The second-order valence-corrected chi connectivity index (χ2v) is 2.97. The summed E-state index contributed by atoms with van der Waals surface area (Å²) in [6, 6.07) is 0. The minimum absolute atomic E-state index is 0.276. The maximum Gasteiger partial charge on any atom is 0.421 e. The van der Waals surface area contributed by atoms with Gasteiger partial charge in [0.2, 0.25) is 0 Å². The zero-order chi connectivity index (χ0) is 12.3. The number of hydrogen-bond donors (Lipinski definition) is 1. The number of methoxy groups -OCH3 is 1. The van der Waals surface area contributed by atoms with Crippen LogP contribution in [0.5, 0.6) is 0 Å². The highest BCUT2D eigenvalue weighted by molar-refractivity contribution is 5.72. The number of halogens is 3. The fourth-order valence-electron chi connectivity index (χ4n) is 1.10. The van der Waals surface area contributed by atoms with Gasteiger partial charge in [-0.1, -0.05) is 0 Å². The van der Waals surface area contributed by atoms with Crippen LogP contribution in [-0.4, -0.2) is 18.1 Å². The van der Waals surface area contributed by atoms with Crippen molar-refractivity contribution in [3.63, 3.8) is 0 Å². The lowest BCUT2D eigenvalue weighted by Gasteiger charge is -2.06. The Bertz CT molecular complexity index is 450. The first kappa shape index (κ1) is 12.3. The molecule has 1 rings (SSSR count). The van der Waals surface area contributed by atoms with Gasteiger partial charge in [0.1, 0.15) is 5.56 Å². The van der Waals surface area contributed by atoms with Gasteiger partial charge < -0.3 is 9.72 Å². The third-order valence-electron chi connectivity index (χ3n) is 1.89. The van der Waals surface area contributed by atoms with Gasteiger partial charge in [0.25, 0.3) is 0 Å². The number of aromatic amines is 1. The summed E-state index contributed by atoms with van der Waals surface area (Å²) in [6.07, 6.45) is -3.62.